The van der Waals surface area contributed by atoms with Crippen molar-refractivity contribution in [2.24, 2.45) is 5.92 Å². The van der Waals surface area contributed by atoms with Crippen molar-refractivity contribution in [3.63, 3.8) is 0 Å². The maximum Gasteiger partial charge on any atom is 0.289 e. The van der Waals surface area contributed by atoms with Gasteiger partial charge < -0.3 is 9.32 Å². The Labute approximate surface area is 106 Å². The Bertz CT molecular complexity index is 420. The zero-order valence-corrected chi connectivity index (χ0v) is 10.7. The fourth-order valence-corrected chi connectivity index (χ4v) is 1.63. The monoisotopic (exact) mass is 254 g/mol. The van der Waals surface area contributed by atoms with Gasteiger partial charge in [0.15, 0.2) is 11.0 Å². The number of nitriles is 1. The molecule has 0 aliphatic heterocycles. The normalized spacial score (nSPS) is 10.3. The third-order valence-corrected chi connectivity index (χ3v) is 2.35. The smallest absolute Gasteiger partial charge is 0.289 e. The molecule has 1 heterocycles. The Kier molecular flexibility index (Phi) is 5.05. The van der Waals surface area contributed by atoms with Crippen LogP contribution in [-0.4, -0.2) is 23.9 Å². The van der Waals surface area contributed by atoms with E-state index in [-0.39, 0.29) is 16.9 Å². The summed E-state index contributed by atoms with van der Waals surface area (Å²) in [6, 6.07) is 5.11. The Morgan fingerprint density at radius 2 is 2.29 bits per heavy atom. The van der Waals surface area contributed by atoms with Gasteiger partial charge in [0.1, 0.15) is 0 Å². The van der Waals surface area contributed by atoms with Gasteiger partial charge in [-0.3, -0.25) is 4.79 Å². The van der Waals surface area contributed by atoms with Gasteiger partial charge >= 0.3 is 0 Å². The summed E-state index contributed by atoms with van der Waals surface area (Å²) in [4.78, 5) is 13.7. The number of furan rings is 1. The molecule has 0 aliphatic carbocycles. The van der Waals surface area contributed by atoms with Crippen LogP contribution >= 0.6 is 11.6 Å². The first-order chi connectivity index (χ1) is 8.04. The molecule has 92 valence electrons. The molecule has 0 atom stereocenters. The first-order valence-corrected chi connectivity index (χ1v) is 5.84. The maximum atomic E-state index is 12.1. The molecule has 5 heteroatoms. The molecule has 0 saturated heterocycles. The van der Waals surface area contributed by atoms with Crippen molar-refractivity contribution in [3.8, 4) is 6.07 Å². The van der Waals surface area contributed by atoms with E-state index in [2.05, 4.69) is 0 Å². The number of halogens is 1. The third-order valence-electron chi connectivity index (χ3n) is 2.15. The van der Waals surface area contributed by atoms with E-state index < -0.39 is 0 Å². The molecule has 0 aliphatic rings. The number of carbonyl (C=O) groups excluding carboxylic acids is 1. The van der Waals surface area contributed by atoms with Gasteiger partial charge in [-0.25, -0.2) is 0 Å². The lowest BCUT2D eigenvalue weighted by Crippen LogP contribution is -2.34. The van der Waals surface area contributed by atoms with E-state index in [1.54, 1.807) is 11.0 Å². The van der Waals surface area contributed by atoms with Gasteiger partial charge in [0.25, 0.3) is 5.91 Å². The molecule has 0 N–H and O–H groups in total. The Balaban J connectivity index is 2.75. The molecule has 0 radical (unpaired) electrons. The highest BCUT2D eigenvalue weighted by Gasteiger charge is 2.19. The summed E-state index contributed by atoms with van der Waals surface area (Å²) in [5.41, 5.74) is 0. The van der Waals surface area contributed by atoms with Crippen LogP contribution in [-0.2, 0) is 0 Å². The molecule has 0 aromatic carbocycles. The minimum Gasteiger partial charge on any atom is -0.440 e. The van der Waals surface area contributed by atoms with Crippen LogP contribution < -0.4 is 0 Å². The average Bonchev–Trinajstić information content (AvgIpc) is 2.69. The molecule has 1 aromatic heterocycles. The second-order valence-electron chi connectivity index (χ2n) is 4.16. The van der Waals surface area contributed by atoms with Gasteiger partial charge in [0.2, 0.25) is 0 Å². The molecule has 0 unspecified atom stereocenters. The van der Waals surface area contributed by atoms with Crippen molar-refractivity contribution in [2.75, 3.05) is 13.1 Å². The van der Waals surface area contributed by atoms with E-state index in [0.717, 1.165) is 0 Å². The van der Waals surface area contributed by atoms with Crippen LogP contribution in [0, 0.1) is 17.2 Å². The van der Waals surface area contributed by atoms with Crippen molar-refractivity contribution in [1.82, 2.24) is 4.90 Å². The van der Waals surface area contributed by atoms with Crippen LogP contribution in [0.25, 0.3) is 0 Å². The molecule has 0 bridgehead atoms. The fraction of sp³-hybridized carbons (Fsp3) is 0.500. The van der Waals surface area contributed by atoms with E-state index >= 15 is 0 Å². The predicted molar refractivity (Wildman–Crippen MR) is 64.7 cm³/mol. The van der Waals surface area contributed by atoms with E-state index in [1.165, 1.54) is 6.07 Å². The second-order valence-corrected chi connectivity index (χ2v) is 4.53. The summed E-state index contributed by atoms with van der Waals surface area (Å²) in [5, 5.41) is 8.77. The first kappa shape index (κ1) is 13.6. The number of carbonyl (C=O) groups is 1. The average molecular weight is 255 g/mol. The molecule has 17 heavy (non-hydrogen) atoms. The van der Waals surface area contributed by atoms with Crippen molar-refractivity contribution in [3.05, 3.63) is 23.1 Å². The molecule has 1 aromatic rings. The topological polar surface area (TPSA) is 57.2 Å². The standard InChI is InChI=1S/C12H15ClN2O2/c1-9(2)8-15(7-3-6-14)12(16)10-4-5-11(13)17-10/h4-5,9H,3,7-8H2,1-2H3. The van der Waals surface area contributed by atoms with Crippen LogP contribution in [0.3, 0.4) is 0 Å². The van der Waals surface area contributed by atoms with Gasteiger partial charge in [0.05, 0.1) is 12.5 Å². The van der Waals surface area contributed by atoms with Gasteiger partial charge in [-0.05, 0) is 29.7 Å². The Morgan fingerprint density at radius 1 is 1.59 bits per heavy atom. The van der Waals surface area contributed by atoms with Crippen molar-refractivity contribution < 1.29 is 9.21 Å². The lowest BCUT2D eigenvalue weighted by molar-refractivity contribution is 0.0708. The summed E-state index contributed by atoms with van der Waals surface area (Å²) in [6.45, 7) is 5.04. The molecule has 1 amide bonds. The Hall–Kier alpha value is -1.47. The molecular weight excluding hydrogens is 240 g/mol. The first-order valence-electron chi connectivity index (χ1n) is 5.46. The van der Waals surface area contributed by atoms with E-state index in [1.807, 2.05) is 19.9 Å². The van der Waals surface area contributed by atoms with E-state index in [9.17, 15) is 4.79 Å². The number of hydrogen-bond donors (Lipinski definition) is 0. The fourth-order valence-electron chi connectivity index (χ4n) is 1.49. The largest absolute Gasteiger partial charge is 0.440 e. The highest BCUT2D eigenvalue weighted by Crippen LogP contribution is 2.16. The van der Waals surface area contributed by atoms with Crippen LogP contribution in [0.15, 0.2) is 16.5 Å². The zero-order chi connectivity index (χ0) is 12.8. The van der Waals surface area contributed by atoms with Crippen LogP contribution in [0.5, 0.6) is 0 Å². The summed E-state index contributed by atoms with van der Waals surface area (Å²) >= 11 is 5.63. The summed E-state index contributed by atoms with van der Waals surface area (Å²) < 4.78 is 5.08. The lowest BCUT2D eigenvalue weighted by Gasteiger charge is -2.22. The Morgan fingerprint density at radius 3 is 2.76 bits per heavy atom. The minimum atomic E-state index is -0.221. The molecule has 4 nitrogen and oxygen atoms in total. The van der Waals surface area contributed by atoms with Crippen LogP contribution in [0.2, 0.25) is 5.22 Å². The minimum absolute atomic E-state index is 0.193. The molecular formula is C12H15ClN2O2. The zero-order valence-electron chi connectivity index (χ0n) is 9.94. The number of amides is 1. The molecule has 1 rings (SSSR count). The molecule has 0 fully saturated rings. The van der Waals surface area contributed by atoms with Gasteiger partial charge in [-0.1, -0.05) is 13.8 Å². The summed E-state index contributed by atoms with van der Waals surface area (Å²) in [6.07, 6.45) is 0.312. The van der Waals surface area contributed by atoms with Gasteiger partial charge in [-0.15, -0.1) is 0 Å². The van der Waals surface area contributed by atoms with Crippen molar-refractivity contribution >= 4 is 17.5 Å². The number of hydrogen-bond acceptors (Lipinski definition) is 3. The summed E-state index contributed by atoms with van der Waals surface area (Å²) in [5.74, 6) is 0.331. The SMILES string of the molecule is CC(C)CN(CCC#N)C(=O)c1ccc(Cl)o1. The number of nitrogens with zero attached hydrogens (tertiary/aromatic N) is 2. The number of rotatable bonds is 5. The van der Waals surface area contributed by atoms with E-state index in [0.29, 0.717) is 25.4 Å². The highest BCUT2D eigenvalue weighted by atomic mass is 35.5. The summed E-state index contributed by atoms with van der Waals surface area (Å²) in [7, 11) is 0. The predicted octanol–water partition coefficient (Wildman–Crippen LogP) is 2.94. The highest BCUT2D eigenvalue weighted by molar-refractivity contribution is 6.29. The molecule has 0 saturated carbocycles. The molecule has 0 spiro atoms. The maximum absolute atomic E-state index is 12.1. The van der Waals surface area contributed by atoms with Crippen LogP contribution in [0.4, 0.5) is 0 Å². The third kappa shape index (κ3) is 4.12. The van der Waals surface area contributed by atoms with Gasteiger partial charge in [0, 0.05) is 13.1 Å². The quantitative estimate of drug-likeness (QED) is 0.812. The van der Waals surface area contributed by atoms with Crippen LogP contribution in [0.1, 0.15) is 30.8 Å². The lowest BCUT2D eigenvalue weighted by atomic mass is 10.2. The van der Waals surface area contributed by atoms with Crippen molar-refractivity contribution in [2.45, 2.75) is 20.3 Å². The van der Waals surface area contributed by atoms with Gasteiger partial charge in [-0.2, -0.15) is 5.26 Å². The second kappa shape index (κ2) is 6.31. The van der Waals surface area contributed by atoms with Crippen molar-refractivity contribution in [1.29, 1.82) is 5.26 Å². The van der Waals surface area contributed by atoms with E-state index in [4.69, 9.17) is 21.3 Å².